The predicted octanol–water partition coefficient (Wildman–Crippen LogP) is 3.04. The Hall–Kier alpha value is -2.76. The quantitative estimate of drug-likeness (QED) is 0.725. The molecular weight excluding hydrogens is 324 g/mol. The normalized spacial score (nSPS) is 15.4. The Balaban J connectivity index is 1.41. The van der Waals surface area contributed by atoms with Gasteiger partial charge in [-0.2, -0.15) is 0 Å². The zero-order chi connectivity index (χ0) is 17.9. The summed E-state index contributed by atoms with van der Waals surface area (Å²) in [4.78, 5) is 19.9. The Morgan fingerprint density at radius 3 is 2.50 bits per heavy atom. The van der Waals surface area contributed by atoms with Crippen molar-refractivity contribution in [3.63, 3.8) is 0 Å². The van der Waals surface area contributed by atoms with Crippen LogP contribution in [0.5, 0.6) is 0 Å². The highest BCUT2D eigenvalue weighted by Gasteiger charge is 2.21. The summed E-state index contributed by atoms with van der Waals surface area (Å²) < 4.78 is 2.09. The molecule has 1 aliphatic rings. The molecule has 0 spiro atoms. The highest BCUT2D eigenvalue weighted by Crippen LogP contribution is 2.25. The van der Waals surface area contributed by atoms with Crippen molar-refractivity contribution < 1.29 is 0 Å². The van der Waals surface area contributed by atoms with Gasteiger partial charge in [0.25, 0.3) is 0 Å². The molecule has 0 N–H and O–H groups in total. The van der Waals surface area contributed by atoms with E-state index in [1.807, 2.05) is 44.8 Å². The first-order chi connectivity index (χ1) is 12.7. The molecule has 134 valence electrons. The minimum absolute atomic E-state index is 0.693. The zero-order valence-corrected chi connectivity index (χ0v) is 15.3. The molecule has 1 aliphatic heterocycles. The summed E-state index contributed by atoms with van der Waals surface area (Å²) >= 11 is 0. The van der Waals surface area contributed by atoms with Gasteiger partial charge < -0.3 is 9.47 Å². The summed E-state index contributed by atoms with van der Waals surface area (Å²) in [5, 5.41) is 0. The third kappa shape index (κ3) is 3.45. The number of rotatable bonds is 4. The third-order valence-electron chi connectivity index (χ3n) is 5.28. The van der Waals surface area contributed by atoms with E-state index >= 15 is 0 Å². The van der Waals surface area contributed by atoms with Crippen LogP contribution in [0.4, 0.5) is 5.95 Å². The molecule has 4 rings (SSSR count). The summed E-state index contributed by atoms with van der Waals surface area (Å²) in [6.07, 6.45) is 10.9. The minimum Gasteiger partial charge on any atom is -0.341 e. The number of hydrogen-bond acceptors (Lipinski definition) is 5. The van der Waals surface area contributed by atoms with Crippen molar-refractivity contribution in [2.75, 3.05) is 18.0 Å². The van der Waals surface area contributed by atoms with Gasteiger partial charge in [-0.1, -0.05) is 0 Å². The van der Waals surface area contributed by atoms with Crippen LogP contribution in [-0.4, -0.2) is 37.6 Å². The maximum absolute atomic E-state index is 4.54. The second-order valence-corrected chi connectivity index (χ2v) is 6.98. The monoisotopic (exact) mass is 348 g/mol. The van der Waals surface area contributed by atoms with E-state index in [0.717, 1.165) is 42.7 Å². The molecule has 3 aromatic heterocycles. The van der Waals surface area contributed by atoms with E-state index in [9.17, 15) is 0 Å². The van der Waals surface area contributed by atoms with Crippen molar-refractivity contribution in [3.05, 3.63) is 54.4 Å². The van der Waals surface area contributed by atoms with Crippen LogP contribution >= 0.6 is 0 Å². The van der Waals surface area contributed by atoms with E-state index in [1.165, 1.54) is 18.4 Å². The molecule has 0 saturated carbocycles. The molecule has 0 aliphatic carbocycles. The van der Waals surface area contributed by atoms with E-state index < -0.39 is 0 Å². The van der Waals surface area contributed by atoms with Crippen LogP contribution in [0, 0.1) is 12.8 Å². The Bertz CT molecular complexity index is 865. The number of nitrogens with zero attached hydrogens (tertiary/aromatic N) is 6. The lowest BCUT2D eigenvalue weighted by molar-refractivity contribution is 0.400. The zero-order valence-electron chi connectivity index (χ0n) is 15.3. The molecular formula is C20H24N6. The number of piperidine rings is 1. The van der Waals surface area contributed by atoms with Gasteiger partial charge in [-0.15, -0.1) is 0 Å². The van der Waals surface area contributed by atoms with Crippen LogP contribution in [0.15, 0.2) is 43.0 Å². The van der Waals surface area contributed by atoms with Gasteiger partial charge in [0.15, 0.2) is 0 Å². The SMILES string of the molecule is Cc1ncc(-c2cc(CC3CCN(c4ncccn4)CC3)ccn2)n1C. The van der Waals surface area contributed by atoms with Crippen LogP contribution in [0.2, 0.25) is 0 Å². The Morgan fingerprint density at radius 1 is 1.04 bits per heavy atom. The fourth-order valence-electron chi connectivity index (χ4n) is 3.61. The van der Waals surface area contributed by atoms with Gasteiger partial charge in [0.2, 0.25) is 5.95 Å². The van der Waals surface area contributed by atoms with E-state index in [4.69, 9.17) is 0 Å². The molecule has 0 aromatic carbocycles. The number of aryl methyl sites for hydroxylation is 1. The second-order valence-electron chi connectivity index (χ2n) is 6.98. The van der Waals surface area contributed by atoms with Crippen molar-refractivity contribution >= 4 is 5.95 Å². The van der Waals surface area contributed by atoms with E-state index in [0.29, 0.717) is 5.92 Å². The Kier molecular flexibility index (Phi) is 4.65. The van der Waals surface area contributed by atoms with E-state index in [2.05, 4.69) is 41.5 Å². The number of aromatic nitrogens is 5. The first-order valence-electron chi connectivity index (χ1n) is 9.16. The molecule has 6 nitrogen and oxygen atoms in total. The maximum Gasteiger partial charge on any atom is 0.225 e. The first kappa shape index (κ1) is 16.7. The fourth-order valence-corrected chi connectivity index (χ4v) is 3.61. The van der Waals surface area contributed by atoms with Crippen LogP contribution in [0.3, 0.4) is 0 Å². The van der Waals surface area contributed by atoms with Crippen molar-refractivity contribution in [1.29, 1.82) is 0 Å². The summed E-state index contributed by atoms with van der Waals surface area (Å²) in [6, 6.07) is 6.21. The van der Waals surface area contributed by atoms with Gasteiger partial charge in [-0.25, -0.2) is 15.0 Å². The molecule has 1 fully saturated rings. The average molecular weight is 348 g/mol. The number of hydrogen-bond donors (Lipinski definition) is 0. The molecule has 1 saturated heterocycles. The van der Waals surface area contributed by atoms with Crippen LogP contribution in [0.25, 0.3) is 11.4 Å². The molecule has 0 radical (unpaired) electrons. The standard InChI is InChI=1S/C20H24N6/c1-15-24-14-19(25(15)2)18-13-17(4-9-21-18)12-16-5-10-26(11-6-16)20-22-7-3-8-23-20/h3-4,7-9,13-14,16H,5-6,10-12H2,1-2H3. The highest BCUT2D eigenvalue weighted by atomic mass is 15.2. The fraction of sp³-hybridized carbons (Fsp3) is 0.400. The average Bonchev–Trinajstić information content (AvgIpc) is 3.02. The van der Waals surface area contributed by atoms with Gasteiger partial charge in [0, 0.05) is 38.7 Å². The molecule has 26 heavy (non-hydrogen) atoms. The molecule has 0 atom stereocenters. The lowest BCUT2D eigenvalue weighted by atomic mass is 9.90. The summed E-state index contributed by atoms with van der Waals surface area (Å²) in [6.45, 7) is 4.05. The van der Waals surface area contributed by atoms with Crippen molar-refractivity contribution in [1.82, 2.24) is 24.5 Å². The smallest absolute Gasteiger partial charge is 0.225 e. The van der Waals surface area contributed by atoms with Crippen LogP contribution in [-0.2, 0) is 13.5 Å². The molecule has 0 amide bonds. The topological polar surface area (TPSA) is 59.7 Å². The van der Waals surface area contributed by atoms with Crippen molar-refractivity contribution in [2.24, 2.45) is 13.0 Å². The molecule has 4 heterocycles. The molecule has 0 bridgehead atoms. The van der Waals surface area contributed by atoms with Crippen LogP contribution < -0.4 is 4.90 Å². The number of imidazole rings is 1. The summed E-state index contributed by atoms with van der Waals surface area (Å²) in [5.41, 5.74) is 3.42. The molecule has 6 heteroatoms. The van der Waals surface area contributed by atoms with Crippen molar-refractivity contribution in [3.8, 4) is 11.4 Å². The highest BCUT2D eigenvalue weighted by molar-refractivity contribution is 5.55. The lowest BCUT2D eigenvalue weighted by Gasteiger charge is -2.32. The van der Waals surface area contributed by atoms with Crippen LogP contribution in [0.1, 0.15) is 24.2 Å². The van der Waals surface area contributed by atoms with E-state index in [-0.39, 0.29) is 0 Å². The van der Waals surface area contributed by atoms with Gasteiger partial charge in [0.05, 0.1) is 17.6 Å². The molecule has 3 aromatic rings. The third-order valence-corrected chi connectivity index (χ3v) is 5.28. The maximum atomic E-state index is 4.54. The van der Waals surface area contributed by atoms with Gasteiger partial charge in [-0.05, 0) is 55.9 Å². The Labute approximate surface area is 154 Å². The van der Waals surface area contributed by atoms with Gasteiger partial charge in [-0.3, -0.25) is 4.98 Å². The lowest BCUT2D eigenvalue weighted by Crippen LogP contribution is -2.35. The largest absolute Gasteiger partial charge is 0.341 e. The number of pyridine rings is 1. The van der Waals surface area contributed by atoms with Gasteiger partial charge >= 0.3 is 0 Å². The Morgan fingerprint density at radius 2 is 1.81 bits per heavy atom. The van der Waals surface area contributed by atoms with Gasteiger partial charge in [0.1, 0.15) is 5.82 Å². The minimum atomic E-state index is 0.693. The summed E-state index contributed by atoms with van der Waals surface area (Å²) in [7, 11) is 2.04. The summed E-state index contributed by atoms with van der Waals surface area (Å²) in [5.74, 6) is 2.55. The predicted molar refractivity (Wildman–Crippen MR) is 102 cm³/mol. The molecule has 0 unspecified atom stereocenters. The second kappa shape index (κ2) is 7.23. The van der Waals surface area contributed by atoms with Crippen molar-refractivity contribution in [2.45, 2.75) is 26.2 Å². The first-order valence-corrected chi connectivity index (χ1v) is 9.16. The van der Waals surface area contributed by atoms with E-state index in [1.54, 1.807) is 0 Å². The number of anilines is 1.